The quantitative estimate of drug-likeness (QED) is 0.512. The molecule has 1 saturated heterocycles. The van der Waals surface area contributed by atoms with Gasteiger partial charge >= 0.3 is 0 Å². The zero-order chi connectivity index (χ0) is 21.0. The van der Waals surface area contributed by atoms with Gasteiger partial charge in [-0.1, -0.05) is 25.5 Å². The van der Waals surface area contributed by atoms with Crippen LogP contribution in [-0.2, 0) is 9.84 Å². The van der Waals surface area contributed by atoms with E-state index in [-0.39, 0.29) is 5.75 Å². The van der Waals surface area contributed by atoms with E-state index in [2.05, 4.69) is 15.0 Å². The SMILES string of the molecule is CCS(=O)(=O)c1ccc(-c2cc(OCCCN3CCCCC3)nn3ccnc23)cc1. The molecule has 1 fully saturated rings. The van der Waals surface area contributed by atoms with Gasteiger partial charge in [-0.2, -0.15) is 0 Å². The molecule has 0 aliphatic carbocycles. The summed E-state index contributed by atoms with van der Waals surface area (Å²) < 4.78 is 31.8. The van der Waals surface area contributed by atoms with Gasteiger partial charge in [-0.3, -0.25) is 0 Å². The Kier molecular flexibility index (Phi) is 6.34. The predicted octanol–water partition coefficient (Wildman–Crippen LogP) is 3.44. The van der Waals surface area contributed by atoms with E-state index in [0.29, 0.717) is 23.0 Å². The van der Waals surface area contributed by atoms with Crippen molar-refractivity contribution < 1.29 is 13.2 Å². The van der Waals surface area contributed by atoms with Crippen molar-refractivity contribution in [1.29, 1.82) is 0 Å². The van der Waals surface area contributed by atoms with Crippen LogP contribution >= 0.6 is 0 Å². The van der Waals surface area contributed by atoms with Crippen molar-refractivity contribution in [2.75, 3.05) is 32.0 Å². The summed E-state index contributed by atoms with van der Waals surface area (Å²) >= 11 is 0. The molecular weight excluding hydrogens is 400 g/mol. The number of imidazole rings is 1. The molecule has 0 spiro atoms. The molecule has 0 N–H and O–H groups in total. The number of fused-ring (bicyclic) bond motifs is 1. The molecule has 0 radical (unpaired) electrons. The summed E-state index contributed by atoms with van der Waals surface area (Å²) in [5.74, 6) is 0.626. The topological polar surface area (TPSA) is 76.8 Å². The van der Waals surface area contributed by atoms with E-state index < -0.39 is 9.84 Å². The van der Waals surface area contributed by atoms with Crippen LogP contribution in [-0.4, -0.2) is 59.9 Å². The second-order valence-electron chi connectivity index (χ2n) is 7.62. The average molecular weight is 429 g/mol. The minimum Gasteiger partial charge on any atom is -0.477 e. The predicted molar refractivity (Wildman–Crippen MR) is 117 cm³/mol. The van der Waals surface area contributed by atoms with Crippen LogP contribution in [0.3, 0.4) is 0 Å². The molecule has 160 valence electrons. The number of piperidine rings is 1. The Morgan fingerprint density at radius 3 is 2.60 bits per heavy atom. The summed E-state index contributed by atoms with van der Waals surface area (Å²) in [6.45, 7) is 5.68. The Balaban J connectivity index is 1.50. The number of hydrogen-bond acceptors (Lipinski definition) is 6. The molecule has 0 unspecified atom stereocenters. The first kappa shape index (κ1) is 20.8. The molecule has 1 aliphatic heterocycles. The number of ether oxygens (including phenoxy) is 1. The van der Waals surface area contributed by atoms with Crippen molar-refractivity contribution >= 4 is 15.5 Å². The molecule has 3 heterocycles. The summed E-state index contributed by atoms with van der Waals surface area (Å²) in [5.41, 5.74) is 2.45. The van der Waals surface area contributed by atoms with Gasteiger partial charge in [-0.15, -0.1) is 5.10 Å². The van der Waals surface area contributed by atoms with E-state index in [1.54, 1.807) is 36.0 Å². The molecule has 1 aromatic carbocycles. The van der Waals surface area contributed by atoms with Crippen molar-refractivity contribution in [2.24, 2.45) is 0 Å². The zero-order valence-electron chi connectivity index (χ0n) is 17.3. The van der Waals surface area contributed by atoms with Gasteiger partial charge in [-0.25, -0.2) is 17.9 Å². The lowest BCUT2D eigenvalue weighted by Crippen LogP contribution is -2.31. The summed E-state index contributed by atoms with van der Waals surface area (Å²) in [7, 11) is -3.22. The highest BCUT2D eigenvalue weighted by atomic mass is 32.2. The van der Waals surface area contributed by atoms with Gasteiger partial charge in [0.2, 0.25) is 5.88 Å². The lowest BCUT2D eigenvalue weighted by Gasteiger charge is -2.26. The Hall–Kier alpha value is -2.45. The van der Waals surface area contributed by atoms with Gasteiger partial charge in [0.25, 0.3) is 0 Å². The monoisotopic (exact) mass is 428 g/mol. The number of benzene rings is 1. The Morgan fingerprint density at radius 1 is 1.10 bits per heavy atom. The number of hydrogen-bond donors (Lipinski definition) is 0. The van der Waals surface area contributed by atoms with Crippen molar-refractivity contribution in [3.63, 3.8) is 0 Å². The highest BCUT2D eigenvalue weighted by molar-refractivity contribution is 7.91. The van der Waals surface area contributed by atoms with E-state index in [1.807, 2.05) is 18.2 Å². The largest absolute Gasteiger partial charge is 0.477 e. The molecular formula is C22H28N4O3S. The summed E-state index contributed by atoms with van der Waals surface area (Å²) in [5, 5.41) is 4.50. The van der Waals surface area contributed by atoms with Crippen LogP contribution in [0.4, 0.5) is 0 Å². The minimum atomic E-state index is -3.22. The fourth-order valence-corrected chi connectivity index (χ4v) is 4.72. The summed E-state index contributed by atoms with van der Waals surface area (Å²) in [6, 6.07) is 8.80. The standard InChI is InChI=1S/C22H28N4O3S/c1-2-30(27,28)19-9-7-18(8-10-19)20-17-21(24-26-15-11-23-22(20)26)29-16-6-14-25-12-4-3-5-13-25/h7-11,15,17H,2-6,12-14,16H2,1H3. The zero-order valence-corrected chi connectivity index (χ0v) is 18.1. The van der Waals surface area contributed by atoms with Crippen LogP contribution in [0.5, 0.6) is 5.88 Å². The number of nitrogens with zero attached hydrogens (tertiary/aromatic N) is 4. The molecule has 4 rings (SSSR count). The number of sulfone groups is 1. The van der Waals surface area contributed by atoms with Crippen LogP contribution < -0.4 is 4.74 Å². The van der Waals surface area contributed by atoms with Gasteiger partial charge < -0.3 is 9.64 Å². The fraction of sp³-hybridized carbons (Fsp3) is 0.455. The van der Waals surface area contributed by atoms with Crippen molar-refractivity contribution in [2.45, 2.75) is 37.5 Å². The summed E-state index contributed by atoms with van der Waals surface area (Å²) in [4.78, 5) is 7.23. The van der Waals surface area contributed by atoms with Crippen LogP contribution in [0.25, 0.3) is 16.8 Å². The first-order valence-electron chi connectivity index (χ1n) is 10.6. The van der Waals surface area contributed by atoms with Crippen molar-refractivity contribution in [3.05, 3.63) is 42.7 Å². The number of rotatable bonds is 8. The maximum Gasteiger partial charge on any atom is 0.232 e. The molecule has 8 heteroatoms. The fourth-order valence-electron chi connectivity index (χ4n) is 3.83. The second-order valence-corrected chi connectivity index (χ2v) is 9.90. The Bertz CT molecular complexity index is 1090. The maximum absolute atomic E-state index is 12.1. The smallest absolute Gasteiger partial charge is 0.232 e. The molecule has 0 atom stereocenters. The van der Waals surface area contributed by atoms with Gasteiger partial charge in [0.05, 0.1) is 17.3 Å². The van der Waals surface area contributed by atoms with Gasteiger partial charge in [-0.05, 0) is 50.0 Å². The highest BCUT2D eigenvalue weighted by Crippen LogP contribution is 2.28. The van der Waals surface area contributed by atoms with Gasteiger partial charge in [0, 0.05) is 30.6 Å². The molecule has 2 aromatic heterocycles. The first-order valence-corrected chi connectivity index (χ1v) is 12.2. The minimum absolute atomic E-state index is 0.0848. The molecule has 3 aromatic rings. The Morgan fingerprint density at radius 2 is 1.87 bits per heavy atom. The molecule has 0 bridgehead atoms. The van der Waals surface area contributed by atoms with Crippen LogP contribution in [0, 0.1) is 0 Å². The Labute approximate surface area is 177 Å². The highest BCUT2D eigenvalue weighted by Gasteiger charge is 2.14. The van der Waals surface area contributed by atoms with E-state index >= 15 is 0 Å². The van der Waals surface area contributed by atoms with Crippen molar-refractivity contribution in [1.82, 2.24) is 19.5 Å². The third-order valence-corrected chi connectivity index (χ3v) is 7.31. The van der Waals surface area contributed by atoms with Crippen LogP contribution in [0.2, 0.25) is 0 Å². The van der Waals surface area contributed by atoms with Gasteiger partial charge in [0.1, 0.15) is 0 Å². The molecule has 1 aliphatic rings. The van der Waals surface area contributed by atoms with Crippen LogP contribution in [0.15, 0.2) is 47.6 Å². The normalized spacial score (nSPS) is 15.5. The third kappa shape index (κ3) is 4.65. The third-order valence-electron chi connectivity index (χ3n) is 5.56. The van der Waals surface area contributed by atoms with Crippen molar-refractivity contribution in [3.8, 4) is 17.0 Å². The summed E-state index contributed by atoms with van der Waals surface area (Å²) in [6.07, 6.45) is 8.37. The average Bonchev–Trinajstić information content (AvgIpc) is 3.26. The lowest BCUT2D eigenvalue weighted by atomic mass is 10.1. The maximum atomic E-state index is 12.1. The molecule has 0 amide bonds. The number of aromatic nitrogens is 3. The number of likely N-dealkylation sites (tertiary alicyclic amines) is 1. The first-order chi connectivity index (χ1) is 14.6. The molecule has 30 heavy (non-hydrogen) atoms. The van der Waals surface area contributed by atoms with E-state index in [4.69, 9.17) is 4.74 Å². The van der Waals surface area contributed by atoms with E-state index in [9.17, 15) is 8.42 Å². The molecule has 0 saturated carbocycles. The molecule has 7 nitrogen and oxygen atoms in total. The van der Waals surface area contributed by atoms with Crippen LogP contribution in [0.1, 0.15) is 32.6 Å². The van der Waals surface area contributed by atoms with E-state index in [0.717, 1.165) is 24.1 Å². The lowest BCUT2D eigenvalue weighted by molar-refractivity contribution is 0.202. The van der Waals surface area contributed by atoms with Gasteiger partial charge in [0.15, 0.2) is 15.5 Å². The van der Waals surface area contributed by atoms with E-state index in [1.165, 1.54) is 32.4 Å². The second kappa shape index (κ2) is 9.14.